The summed E-state index contributed by atoms with van der Waals surface area (Å²) in [7, 11) is -3.88. The lowest BCUT2D eigenvalue weighted by molar-refractivity contribution is -0.114. The van der Waals surface area contributed by atoms with Crippen LogP contribution in [0.2, 0.25) is 0 Å². The molecule has 110 valence electrons. The molecule has 0 heterocycles. The fourth-order valence-electron chi connectivity index (χ4n) is 1.71. The molecule has 1 amide bonds. The van der Waals surface area contributed by atoms with Gasteiger partial charge in [0.25, 0.3) is 15.9 Å². The van der Waals surface area contributed by atoms with Crippen LogP contribution in [0.15, 0.2) is 65.6 Å². The molecule has 0 saturated heterocycles. The van der Waals surface area contributed by atoms with Crippen molar-refractivity contribution in [3.8, 4) is 6.07 Å². The molecule has 0 aliphatic rings. The minimum atomic E-state index is -3.88. The van der Waals surface area contributed by atoms with Crippen LogP contribution in [0.4, 0.5) is 0 Å². The van der Waals surface area contributed by atoms with E-state index in [2.05, 4.69) is 0 Å². The average molecular weight is 312 g/mol. The molecule has 2 rings (SSSR count). The van der Waals surface area contributed by atoms with E-state index in [-0.39, 0.29) is 4.90 Å². The van der Waals surface area contributed by atoms with Crippen molar-refractivity contribution in [3.05, 3.63) is 71.8 Å². The minimum absolute atomic E-state index is 0.0169. The summed E-state index contributed by atoms with van der Waals surface area (Å²) in [6, 6.07) is 16.2. The summed E-state index contributed by atoms with van der Waals surface area (Å²) >= 11 is 0. The largest absolute Gasteiger partial charge is 0.269 e. The van der Waals surface area contributed by atoms with E-state index in [0.29, 0.717) is 11.1 Å². The lowest BCUT2D eigenvalue weighted by atomic mass is 10.1. The summed E-state index contributed by atoms with van der Waals surface area (Å²) < 4.78 is 25.8. The lowest BCUT2D eigenvalue weighted by Gasteiger charge is -2.04. The highest BCUT2D eigenvalue weighted by atomic mass is 32.2. The molecular formula is C16H12N2O3S. The number of nitrogens with zero attached hydrogens (tertiary/aromatic N) is 1. The lowest BCUT2D eigenvalue weighted by Crippen LogP contribution is -2.28. The zero-order chi connectivity index (χ0) is 16.0. The van der Waals surface area contributed by atoms with Crippen LogP contribution in [0.1, 0.15) is 11.1 Å². The van der Waals surface area contributed by atoms with Gasteiger partial charge in [0.15, 0.2) is 0 Å². The van der Waals surface area contributed by atoms with Crippen molar-refractivity contribution in [2.45, 2.75) is 4.90 Å². The van der Waals surface area contributed by atoms with Gasteiger partial charge in [0, 0.05) is 6.08 Å². The van der Waals surface area contributed by atoms with Gasteiger partial charge >= 0.3 is 0 Å². The number of carbonyl (C=O) groups excluding carboxylic acids is 1. The molecule has 2 aromatic rings. The highest BCUT2D eigenvalue weighted by molar-refractivity contribution is 7.90. The molecular weight excluding hydrogens is 300 g/mol. The molecule has 0 aliphatic heterocycles. The Morgan fingerprint density at radius 1 is 1.09 bits per heavy atom. The number of rotatable bonds is 4. The first-order chi connectivity index (χ1) is 10.5. The summed E-state index contributed by atoms with van der Waals surface area (Å²) in [4.78, 5) is 11.7. The Bertz CT molecular complexity index is 850. The van der Waals surface area contributed by atoms with Gasteiger partial charge in [0.1, 0.15) is 0 Å². The topological polar surface area (TPSA) is 87.0 Å². The first-order valence-corrected chi connectivity index (χ1v) is 7.80. The van der Waals surface area contributed by atoms with Crippen LogP contribution in [0.25, 0.3) is 6.08 Å². The predicted octanol–water partition coefficient (Wildman–Crippen LogP) is 2.08. The van der Waals surface area contributed by atoms with E-state index in [1.165, 1.54) is 18.2 Å². The van der Waals surface area contributed by atoms with E-state index in [0.717, 1.165) is 6.08 Å². The van der Waals surface area contributed by atoms with Crippen molar-refractivity contribution < 1.29 is 13.2 Å². The van der Waals surface area contributed by atoms with Crippen LogP contribution in [-0.2, 0) is 14.8 Å². The van der Waals surface area contributed by atoms with Gasteiger partial charge in [-0.1, -0.05) is 30.3 Å². The molecule has 2 aromatic carbocycles. The highest BCUT2D eigenvalue weighted by Crippen LogP contribution is 2.08. The van der Waals surface area contributed by atoms with Crippen molar-refractivity contribution in [3.63, 3.8) is 0 Å². The molecule has 0 saturated carbocycles. The Balaban J connectivity index is 2.10. The quantitative estimate of drug-likeness (QED) is 0.876. The van der Waals surface area contributed by atoms with Crippen molar-refractivity contribution in [2.24, 2.45) is 0 Å². The third kappa shape index (κ3) is 4.04. The summed E-state index contributed by atoms with van der Waals surface area (Å²) in [6.45, 7) is 0. The monoisotopic (exact) mass is 312 g/mol. The van der Waals surface area contributed by atoms with E-state index in [9.17, 15) is 13.2 Å². The molecule has 5 nitrogen and oxygen atoms in total. The first-order valence-electron chi connectivity index (χ1n) is 6.31. The van der Waals surface area contributed by atoms with E-state index in [4.69, 9.17) is 5.26 Å². The number of hydrogen-bond acceptors (Lipinski definition) is 4. The van der Waals surface area contributed by atoms with Crippen LogP contribution < -0.4 is 4.72 Å². The van der Waals surface area contributed by atoms with Gasteiger partial charge in [-0.25, -0.2) is 13.1 Å². The number of nitrogens with one attached hydrogen (secondary N) is 1. The van der Waals surface area contributed by atoms with E-state index < -0.39 is 15.9 Å². The number of carbonyl (C=O) groups is 1. The zero-order valence-electron chi connectivity index (χ0n) is 11.4. The Labute approximate surface area is 128 Å². The molecule has 0 fully saturated rings. The fourth-order valence-corrected chi connectivity index (χ4v) is 2.68. The normalized spacial score (nSPS) is 11.0. The molecule has 0 bridgehead atoms. The van der Waals surface area contributed by atoms with Crippen LogP contribution in [0.5, 0.6) is 0 Å². The van der Waals surface area contributed by atoms with Gasteiger partial charge < -0.3 is 0 Å². The van der Waals surface area contributed by atoms with E-state index in [1.807, 2.05) is 10.8 Å². The number of amides is 1. The van der Waals surface area contributed by atoms with Crippen molar-refractivity contribution in [1.29, 1.82) is 5.26 Å². The molecule has 0 unspecified atom stereocenters. The van der Waals surface area contributed by atoms with Gasteiger partial charge in [-0.3, -0.25) is 4.79 Å². The smallest absolute Gasteiger partial charge is 0.264 e. The summed E-state index contributed by atoms with van der Waals surface area (Å²) in [5, 5.41) is 8.79. The first kappa shape index (κ1) is 15.5. The molecule has 0 radical (unpaired) electrons. The van der Waals surface area contributed by atoms with Gasteiger partial charge in [-0.05, 0) is 35.9 Å². The van der Waals surface area contributed by atoms with Crippen molar-refractivity contribution in [2.75, 3.05) is 0 Å². The van der Waals surface area contributed by atoms with Crippen LogP contribution >= 0.6 is 0 Å². The summed E-state index contributed by atoms with van der Waals surface area (Å²) in [6.07, 6.45) is 2.55. The second kappa shape index (κ2) is 6.70. The van der Waals surface area contributed by atoms with Crippen LogP contribution in [0.3, 0.4) is 0 Å². The molecule has 6 heteroatoms. The highest BCUT2D eigenvalue weighted by Gasteiger charge is 2.15. The molecule has 0 aromatic heterocycles. The maximum absolute atomic E-state index is 11.9. The number of hydrogen-bond donors (Lipinski definition) is 1. The Kier molecular flexibility index (Phi) is 4.71. The minimum Gasteiger partial charge on any atom is -0.269 e. The molecule has 0 atom stereocenters. The second-order valence-electron chi connectivity index (χ2n) is 4.35. The molecule has 1 N–H and O–H groups in total. The maximum atomic E-state index is 11.9. The Hall–Kier alpha value is -2.91. The fraction of sp³-hybridized carbons (Fsp3) is 0. The van der Waals surface area contributed by atoms with Gasteiger partial charge in [-0.2, -0.15) is 5.26 Å². The SMILES string of the molecule is N#Cc1cccc(/C=C/C(=O)NS(=O)(=O)c2ccccc2)c1. The Morgan fingerprint density at radius 2 is 1.82 bits per heavy atom. The van der Waals surface area contributed by atoms with Gasteiger partial charge in [0.05, 0.1) is 16.5 Å². The van der Waals surface area contributed by atoms with Crippen LogP contribution in [0, 0.1) is 11.3 Å². The molecule has 0 aliphatic carbocycles. The second-order valence-corrected chi connectivity index (χ2v) is 6.04. The Morgan fingerprint density at radius 3 is 2.50 bits per heavy atom. The maximum Gasteiger partial charge on any atom is 0.264 e. The third-order valence-electron chi connectivity index (χ3n) is 2.73. The van der Waals surface area contributed by atoms with Gasteiger partial charge in [-0.15, -0.1) is 0 Å². The van der Waals surface area contributed by atoms with Crippen LogP contribution in [-0.4, -0.2) is 14.3 Å². The molecule has 22 heavy (non-hydrogen) atoms. The third-order valence-corrected chi connectivity index (χ3v) is 4.09. The standard InChI is InChI=1S/C16H12N2O3S/c17-12-14-6-4-5-13(11-14)9-10-16(19)18-22(20,21)15-7-2-1-3-8-15/h1-11H,(H,18,19)/b10-9+. The predicted molar refractivity (Wildman–Crippen MR) is 82.0 cm³/mol. The van der Waals surface area contributed by atoms with Gasteiger partial charge in [0.2, 0.25) is 0 Å². The average Bonchev–Trinajstić information content (AvgIpc) is 2.53. The zero-order valence-corrected chi connectivity index (χ0v) is 12.2. The summed E-state index contributed by atoms with van der Waals surface area (Å²) in [5.74, 6) is -0.758. The summed E-state index contributed by atoms with van der Waals surface area (Å²) in [5.41, 5.74) is 1.09. The van der Waals surface area contributed by atoms with E-state index >= 15 is 0 Å². The number of benzene rings is 2. The number of sulfonamides is 1. The van der Waals surface area contributed by atoms with Crippen molar-refractivity contribution in [1.82, 2.24) is 4.72 Å². The number of nitriles is 1. The molecule has 0 spiro atoms. The van der Waals surface area contributed by atoms with Crippen molar-refractivity contribution >= 4 is 22.0 Å². The van der Waals surface area contributed by atoms with E-state index in [1.54, 1.807) is 42.5 Å².